The minimum absolute atomic E-state index is 0.305. The summed E-state index contributed by atoms with van der Waals surface area (Å²) in [6.07, 6.45) is 1.38. The molecule has 0 unspecified atom stereocenters. The molecule has 0 radical (unpaired) electrons. The van der Waals surface area contributed by atoms with Crippen LogP contribution in [0.1, 0.15) is 5.56 Å². The number of benzene rings is 2. The lowest BCUT2D eigenvalue weighted by Crippen LogP contribution is -2.06. The zero-order valence-corrected chi connectivity index (χ0v) is 12.5. The maximum Gasteiger partial charge on any atom is 0.159 e. The van der Waals surface area contributed by atoms with E-state index in [2.05, 4.69) is 20.6 Å². The van der Waals surface area contributed by atoms with Crippen molar-refractivity contribution in [2.45, 2.75) is 6.92 Å². The lowest BCUT2D eigenvalue weighted by Gasteiger charge is -2.14. The van der Waals surface area contributed by atoms with E-state index in [1.165, 1.54) is 12.4 Å². The summed E-state index contributed by atoms with van der Waals surface area (Å²) in [5, 5.41) is 6.06. The van der Waals surface area contributed by atoms with Gasteiger partial charge in [-0.15, -0.1) is 0 Å². The highest BCUT2D eigenvalue weighted by molar-refractivity contribution is 5.80. The molecule has 0 saturated heterocycles. The van der Waals surface area contributed by atoms with Gasteiger partial charge < -0.3 is 16.4 Å². The Morgan fingerprint density at radius 3 is 2.09 bits per heavy atom. The molecule has 2 aromatic carbocycles. The van der Waals surface area contributed by atoms with Gasteiger partial charge in [-0.1, -0.05) is 30.3 Å². The molecule has 116 valence electrons. The van der Waals surface area contributed by atoms with Crippen molar-refractivity contribution in [3.8, 4) is 0 Å². The Kier molecular flexibility index (Phi) is 4.05. The van der Waals surface area contributed by atoms with Gasteiger partial charge in [-0.05, 0) is 30.7 Å². The van der Waals surface area contributed by atoms with E-state index >= 15 is 0 Å². The van der Waals surface area contributed by atoms with Crippen LogP contribution >= 0.6 is 0 Å². The van der Waals surface area contributed by atoms with Gasteiger partial charge in [-0.3, -0.25) is 0 Å². The number of anilines is 5. The summed E-state index contributed by atoms with van der Waals surface area (Å²) in [4.78, 5) is 8.24. The third kappa shape index (κ3) is 3.21. The molecular formula is C17H16FN5. The second-order valence-corrected chi connectivity index (χ2v) is 5.03. The van der Waals surface area contributed by atoms with E-state index < -0.39 is 0 Å². The molecule has 0 aliphatic heterocycles. The van der Waals surface area contributed by atoms with E-state index in [1.54, 1.807) is 18.2 Å². The van der Waals surface area contributed by atoms with Gasteiger partial charge in [0.25, 0.3) is 0 Å². The molecule has 3 aromatic rings. The second kappa shape index (κ2) is 6.31. The van der Waals surface area contributed by atoms with E-state index in [4.69, 9.17) is 5.73 Å². The van der Waals surface area contributed by atoms with Crippen LogP contribution in [0.3, 0.4) is 0 Å². The average molecular weight is 309 g/mol. The molecule has 0 atom stereocenters. The molecule has 0 fully saturated rings. The molecule has 0 aliphatic rings. The van der Waals surface area contributed by atoms with Crippen molar-refractivity contribution in [2.75, 3.05) is 16.4 Å². The molecule has 1 aromatic heterocycles. The fourth-order valence-electron chi connectivity index (χ4n) is 2.13. The summed E-state index contributed by atoms with van der Waals surface area (Å²) < 4.78 is 13.7. The number of rotatable bonds is 4. The highest BCUT2D eigenvalue weighted by Gasteiger charge is 2.11. The summed E-state index contributed by atoms with van der Waals surface area (Å²) in [6, 6.07) is 14.1. The molecule has 0 spiro atoms. The van der Waals surface area contributed by atoms with E-state index in [9.17, 15) is 4.39 Å². The number of halogens is 1. The number of para-hydroxylation sites is 2. The summed E-state index contributed by atoms with van der Waals surface area (Å²) in [5.41, 5.74) is 8.69. The molecule has 4 N–H and O–H groups in total. The zero-order valence-electron chi connectivity index (χ0n) is 12.5. The van der Waals surface area contributed by atoms with E-state index in [1.807, 2.05) is 31.2 Å². The summed E-state index contributed by atoms with van der Waals surface area (Å²) >= 11 is 0. The lowest BCUT2D eigenvalue weighted by molar-refractivity contribution is 0.632. The zero-order chi connectivity index (χ0) is 16.2. The van der Waals surface area contributed by atoms with Crippen LogP contribution in [0.15, 0.2) is 54.9 Å². The molecule has 0 bridgehead atoms. The van der Waals surface area contributed by atoms with Crippen LogP contribution in [0, 0.1) is 12.7 Å². The van der Waals surface area contributed by atoms with Crippen molar-refractivity contribution < 1.29 is 4.39 Å². The molecule has 3 rings (SSSR count). The Balaban J connectivity index is 1.90. The average Bonchev–Trinajstić information content (AvgIpc) is 2.55. The van der Waals surface area contributed by atoms with Crippen molar-refractivity contribution in [3.63, 3.8) is 0 Å². The minimum Gasteiger partial charge on any atom is -0.393 e. The van der Waals surface area contributed by atoms with Crippen molar-refractivity contribution in [3.05, 3.63) is 66.2 Å². The number of nitrogens with two attached hydrogens (primary N) is 1. The van der Waals surface area contributed by atoms with Crippen LogP contribution in [0.25, 0.3) is 0 Å². The normalized spacial score (nSPS) is 10.3. The molecular weight excluding hydrogens is 293 g/mol. The number of nitrogen functional groups attached to an aromatic ring is 1. The number of aromatic nitrogens is 2. The van der Waals surface area contributed by atoms with E-state index in [-0.39, 0.29) is 5.82 Å². The van der Waals surface area contributed by atoms with Gasteiger partial charge in [0, 0.05) is 5.69 Å². The van der Waals surface area contributed by atoms with Crippen LogP contribution in [0.4, 0.5) is 33.1 Å². The number of nitrogens with one attached hydrogen (secondary N) is 2. The van der Waals surface area contributed by atoms with Crippen LogP contribution in [-0.4, -0.2) is 9.97 Å². The molecule has 5 nitrogen and oxygen atoms in total. The van der Waals surface area contributed by atoms with Gasteiger partial charge in [0.1, 0.15) is 17.8 Å². The van der Waals surface area contributed by atoms with Gasteiger partial charge in [0.2, 0.25) is 0 Å². The number of nitrogens with zero attached hydrogens (tertiary/aromatic N) is 2. The Morgan fingerprint density at radius 2 is 1.43 bits per heavy atom. The summed E-state index contributed by atoms with van der Waals surface area (Å²) in [7, 11) is 0. The maximum absolute atomic E-state index is 13.7. The minimum atomic E-state index is -0.376. The Labute approximate surface area is 133 Å². The lowest BCUT2D eigenvalue weighted by atomic mass is 10.2. The third-order valence-electron chi connectivity index (χ3n) is 3.41. The van der Waals surface area contributed by atoms with Crippen LogP contribution in [0.5, 0.6) is 0 Å². The van der Waals surface area contributed by atoms with Crippen molar-refractivity contribution in [1.82, 2.24) is 9.97 Å². The smallest absolute Gasteiger partial charge is 0.159 e. The fourth-order valence-corrected chi connectivity index (χ4v) is 2.13. The highest BCUT2D eigenvalue weighted by Crippen LogP contribution is 2.29. The van der Waals surface area contributed by atoms with E-state index in [0.29, 0.717) is 23.0 Å². The predicted molar refractivity (Wildman–Crippen MR) is 90.6 cm³/mol. The van der Waals surface area contributed by atoms with Gasteiger partial charge in [-0.2, -0.15) is 0 Å². The SMILES string of the molecule is Cc1ccccc1Nc1ncnc(Nc2ccccc2F)c1N. The number of hydrogen-bond acceptors (Lipinski definition) is 5. The second-order valence-electron chi connectivity index (χ2n) is 5.03. The fraction of sp³-hybridized carbons (Fsp3) is 0.0588. The van der Waals surface area contributed by atoms with Crippen molar-refractivity contribution >= 4 is 28.7 Å². The molecule has 0 amide bonds. The Morgan fingerprint density at radius 1 is 0.870 bits per heavy atom. The van der Waals surface area contributed by atoms with Gasteiger partial charge >= 0.3 is 0 Å². The topological polar surface area (TPSA) is 75.9 Å². The summed E-state index contributed by atoms with van der Waals surface area (Å²) in [5.74, 6) is 0.438. The van der Waals surface area contributed by atoms with Gasteiger partial charge in [-0.25, -0.2) is 14.4 Å². The first-order valence-corrected chi connectivity index (χ1v) is 7.10. The van der Waals surface area contributed by atoms with Gasteiger partial charge in [0.05, 0.1) is 5.69 Å². The molecule has 0 aliphatic carbocycles. The number of hydrogen-bond donors (Lipinski definition) is 3. The van der Waals surface area contributed by atoms with Crippen molar-refractivity contribution in [1.29, 1.82) is 0 Å². The molecule has 0 saturated carbocycles. The van der Waals surface area contributed by atoms with Crippen LogP contribution in [-0.2, 0) is 0 Å². The maximum atomic E-state index is 13.7. The van der Waals surface area contributed by atoms with Crippen molar-refractivity contribution in [2.24, 2.45) is 0 Å². The first kappa shape index (κ1) is 14.8. The van der Waals surface area contributed by atoms with Gasteiger partial charge in [0.15, 0.2) is 11.6 Å². The summed E-state index contributed by atoms with van der Waals surface area (Å²) in [6.45, 7) is 1.98. The van der Waals surface area contributed by atoms with Crippen LogP contribution in [0.2, 0.25) is 0 Å². The monoisotopic (exact) mass is 309 g/mol. The number of aryl methyl sites for hydroxylation is 1. The standard InChI is InChI=1S/C17H16FN5/c1-11-6-2-4-8-13(11)22-16-15(19)17(21-10-20-16)23-14-9-5-3-7-12(14)18/h2-10H,19H2,1H3,(H2,20,21,22,23). The third-order valence-corrected chi connectivity index (χ3v) is 3.41. The van der Waals surface area contributed by atoms with E-state index in [0.717, 1.165) is 11.3 Å². The predicted octanol–water partition coefficient (Wildman–Crippen LogP) is 3.99. The Hall–Kier alpha value is -3.15. The highest BCUT2D eigenvalue weighted by atomic mass is 19.1. The molecule has 6 heteroatoms. The Bertz CT molecular complexity index is 769. The molecule has 1 heterocycles. The first-order chi connectivity index (χ1) is 11.1. The first-order valence-electron chi connectivity index (χ1n) is 7.10. The van der Waals surface area contributed by atoms with Crippen LogP contribution < -0.4 is 16.4 Å². The largest absolute Gasteiger partial charge is 0.393 e. The molecule has 23 heavy (non-hydrogen) atoms. The quantitative estimate of drug-likeness (QED) is 0.679.